The van der Waals surface area contributed by atoms with Gasteiger partial charge in [-0.15, -0.1) is 0 Å². The van der Waals surface area contributed by atoms with Crippen molar-refractivity contribution >= 4 is 23.8 Å². The average Bonchev–Trinajstić information content (AvgIpc) is 2.93. The molecule has 0 amide bonds. The van der Waals surface area contributed by atoms with Gasteiger partial charge in [0.05, 0.1) is 5.69 Å². The summed E-state index contributed by atoms with van der Waals surface area (Å²) >= 11 is 1.67. The van der Waals surface area contributed by atoms with E-state index in [-0.39, 0.29) is 5.78 Å². The highest BCUT2D eigenvalue weighted by atomic mass is 32.2. The van der Waals surface area contributed by atoms with Crippen LogP contribution < -0.4 is 0 Å². The molecule has 1 aromatic heterocycles. The van der Waals surface area contributed by atoms with Crippen molar-refractivity contribution in [2.45, 2.75) is 23.6 Å². The molecule has 1 N–H and O–H groups in total. The number of ketones is 1. The molecule has 0 unspecified atom stereocenters. The first-order valence-corrected chi connectivity index (χ1v) is 8.44. The van der Waals surface area contributed by atoms with E-state index in [4.69, 9.17) is 0 Å². The molecule has 0 saturated heterocycles. The summed E-state index contributed by atoms with van der Waals surface area (Å²) in [6.07, 6.45) is 0.765. The van der Waals surface area contributed by atoms with E-state index in [1.165, 1.54) is 11.8 Å². The number of aromatic nitrogens is 1. The Morgan fingerprint density at radius 3 is 2.21 bits per heavy atom. The van der Waals surface area contributed by atoms with Gasteiger partial charge >= 0.3 is 0 Å². The van der Waals surface area contributed by atoms with Crippen LogP contribution in [0.1, 0.15) is 33.5 Å². The van der Waals surface area contributed by atoms with E-state index < -0.39 is 0 Å². The molecule has 4 heteroatoms. The van der Waals surface area contributed by atoms with E-state index >= 15 is 0 Å². The van der Waals surface area contributed by atoms with Crippen molar-refractivity contribution in [2.24, 2.45) is 0 Å². The standard InChI is InChI=1S/C20H17NO2S/c1-13-19(14(2)23)20(18(12-22)21-13)15-8-10-17(11-9-15)24-16-6-4-3-5-7-16/h3-12,21H,1-2H3. The Bertz CT molecular complexity index is 880. The van der Waals surface area contributed by atoms with Gasteiger partial charge in [0, 0.05) is 26.6 Å². The summed E-state index contributed by atoms with van der Waals surface area (Å²) in [6, 6.07) is 18.1. The van der Waals surface area contributed by atoms with Gasteiger partial charge in [0.15, 0.2) is 12.1 Å². The first-order chi connectivity index (χ1) is 11.6. The van der Waals surface area contributed by atoms with E-state index in [2.05, 4.69) is 17.1 Å². The topological polar surface area (TPSA) is 49.9 Å². The van der Waals surface area contributed by atoms with E-state index in [1.54, 1.807) is 11.8 Å². The zero-order valence-corrected chi connectivity index (χ0v) is 14.3. The third-order valence-electron chi connectivity index (χ3n) is 3.81. The fraction of sp³-hybridized carbons (Fsp3) is 0.100. The molecule has 0 bridgehead atoms. The van der Waals surface area contributed by atoms with Gasteiger partial charge in [-0.3, -0.25) is 9.59 Å². The Kier molecular flexibility index (Phi) is 4.67. The highest BCUT2D eigenvalue weighted by molar-refractivity contribution is 7.99. The molecular formula is C20H17NO2S. The number of benzene rings is 2. The van der Waals surface area contributed by atoms with Gasteiger partial charge in [0.25, 0.3) is 0 Å². The highest BCUT2D eigenvalue weighted by Gasteiger charge is 2.19. The van der Waals surface area contributed by atoms with Crippen LogP contribution in [0.5, 0.6) is 0 Å². The summed E-state index contributed by atoms with van der Waals surface area (Å²) in [7, 11) is 0. The molecule has 0 spiro atoms. The number of nitrogens with one attached hydrogen (secondary N) is 1. The van der Waals surface area contributed by atoms with Crippen molar-refractivity contribution in [3.8, 4) is 11.1 Å². The Morgan fingerprint density at radius 2 is 1.62 bits per heavy atom. The lowest BCUT2D eigenvalue weighted by Gasteiger charge is -2.06. The Balaban J connectivity index is 1.97. The van der Waals surface area contributed by atoms with Crippen LogP contribution in [0.25, 0.3) is 11.1 Å². The van der Waals surface area contributed by atoms with Crippen molar-refractivity contribution in [1.29, 1.82) is 0 Å². The molecule has 24 heavy (non-hydrogen) atoms. The van der Waals surface area contributed by atoms with Gasteiger partial charge in [-0.2, -0.15) is 0 Å². The number of aryl methyl sites for hydroxylation is 1. The maximum atomic E-state index is 12.0. The molecular weight excluding hydrogens is 318 g/mol. The molecule has 0 aliphatic carbocycles. The fourth-order valence-electron chi connectivity index (χ4n) is 2.79. The van der Waals surface area contributed by atoms with Crippen LogP contribution in [0.3, 0.4) is 0 Å². The fourth-order valence-corrected chi connectivity index (χ4v) is 3.63. The second-order valence-electron chi connectivity index (χ2n) is 5.53. The summed E-state index contributed by atoms with van der Waals surface area (Å²) in [5.74, 6) is -0.0467. The smallest absolute Gasteiger partial charge is 0.166 e. The lowest BCUT2D eigenvalue weighted by atomic mass is 9.98. The summed E-state index contributed by atoms with van der Waals surface area (Å²) in [6.45, 7) is 3.33. The first-order valence-electron chi connectivity index (χ1n) is 7.62. The first kappa shape index (κ1) is 16.3. The molecule has 3 rings (SSSR count). The van der Waals surface area contributed by atoms with Gasteiger partial charge in [0.2, 0.25) is 0 Å². The number of hydrogen-bond donors (Lipinski definition) is 1. The molecule has 0 saturated carbocycles. The molecule has 3 nitrogen and oxygen atoms in total. The summed E-state index contributed by atoms with van der Waals surface area (Å²) in [5.41, 5.74) is 3.30. The third kappa shape index (κ3) is 3.19. The van der Waals surface area contributed by atoms with E-state index in [1.807, 2.05) is 49.4 Å². The van der Waals surface area contributed by atoms with Crippen molar-refractivity contribution in [2.75, 3.05) is 0 Å². The molecule has 0 radical (unpaired) electrons. The lowest BCUT2D eigenvalue weighted by Crippen LogP contribution is -1.96. The highest BCUT2D eigenvalue weighted by Crippen LogP contribution is 2.33. The maximum Gasteiger partial charge on any atom is 0.166 e. The Morgan fingerprint density at radius 1 is 1.00 bits per heavy atom. The second-order valence-corrected chi connectivity index (χ2v) is 6.67. The molecule has 1 heterocycles. The Labute approximate surface area is 145 Å². The van der Waals surface area contributed by atoms with Crippen molar-refractivity contribution in [3.05, 3.63) is 71.5 Å². The lowest BCUT2D eigenvalue weighted by molar-refractivity contribution is 0.101. The Hall–Kier alpha value is -2.59. The van der Waals surface area contributed by atoms with Crippen LogP contribution in [0.2, 0.25) is 0 Å². The molecule has 2 aromatic carbocycles. The number of Topliss-reactive ketones (excluding diaryl/α,β-unsaturated/α-hetero) is 1. The number of hydrogen-bond acceptors (Lipinski definition) is 3. The van der Waals surface area contributed by atoms with Gasteiger partial charge in [-0.05, 0) is 43.7 Å². The van der Waals surface area contributed by atoms with E-state index in [0.29, 0.717) is 16.8 Å². The second kappa shape index (κ2) is 6.89. The average molecular weight is 335 g/mol. The van der Waals surface area contributed by atoms with Crippen LogP contribution in [0, 0.1) is 6.92 Å². The van der Waals surface area contributed by atoms with Gasteiger partial charge in [-0.1, -0.05) is 42.1 Å². The number of aldehydes is 1. The normalized spacial score (nSPS) is 10.6. The minimum Gasteiger partial charge on any atom is -0.355 e. The predicted molar refractivity (Wildman–Crippen MR) is 96.9 cm³/mol. The third-order valence-corrected chi connectivity index (χ3v) is 4.82. The number of carbonyl (C=O) groups is 2. The molecule has 3 aromatic rings. The molecule has 0 aliphatic rings. The van der Waals surface area contributed by atoms with Gasteiger partial charge in [-0.25, -0.2) is 0 Å². The maximum absolute atomic E-state index is 12.0. The van der Waals surface area contributed by atoms with Crippen molar-refractivity contribution in [1.82, 2.24) is 4.98 Å². The summed E-state index contributed by atoms with van der Waals surface area (Å²) in [4.78, 5) is 28.6. The number of carbonyl (C=O) groups excluding carboxylic acids is 2. The van der Waals surface area contributed by atoms with E-state index in [9.17, 15) is 9.59 Å². The van der Waals surface area contributed by atoms with Gasteiger partial charge in [0.1, 0.15) is 0 Å². The summed E-state index contributed by atoms with van der Waals surface area (Å²) < 4.78 is 0. The van der Waals surface area contributed by atoms with Crippen LogP contribution in [0.4, 0.5) is 0 Å². The zero-order valence-electron chi connectivity index (χ0n) is 13.5. The summed E-state index contributed by atoms with van der Waals surface area (Å²) in [5, 5.41) is 0. The molecule has 0 fully saturated rings. The predicted octanol–water partition coefficient (Wildman–Crippen LogP) is 5.16. The minimum absolute atomic E-state index is 0.0467. The molecule has 120 valence electrons. The molecule has 0 aliphatic heterocycles. The van der Waals surface area contributed by atoms with Crippen LogP contribution in [-0.2, 0) is 0 Å². The van der Waals surface area contributed by atoms with Crippen LogP contribution >= 0.6 is 11.8 Å². The monoisotopic (exact) mass is 335 g/mol. The molecule has 0 atom stereocenters. The van der Waals surface area contributed by atoms with Crippen molar-refractivity contribution < 1.29 is 9.59 Å². The van der Waals surface area contributed by atoms with Crippen LogP contribution in [0.15, 0.2) is 64.4 Å². The van der Waals surface area contributed by atoms with E-state index in [0.717, 1.165) is 22.4 Å². The van der Waals surface area contributed by atoms with Gasteiger partial charge < -0.3 is 4.98 Å². The zero-order chi connectivity index (χ0) is 17.1. The van der Waals surface area contributed by atoms with Crippen molar-refractivity contribution in [3.63, 3.8) is 0 Å². The minimum atomic E-state index is -0.0467. The number of aromatic amines is 1. The largest absolute Gasteiger partial charge is 0.355 e. The quantitative estimate of drug-likeness (QED) is 0.518. The number of H-pyrrole nitrogens is 1. The SMILES string of the molecule is CC(=O)c1c(C)[nH]c(C=O)c1-c1ccc(Sc2ccccc2)cc1. The number of rotatable bonds is 5. The van der Waals surface area contributed by atoms with Crippen LogP contribution in [-0.4, -0.2) is 17.1 Å².